The molecule has 140 valence electrons. The molecular formula is C18H22ClN3O3S. The lowest BCUT2D eigenvalue weighted by Crippen LogP contribution is -2.38. The van der Waals surface area contributed by atoms with Gasteiger partial charge in [-0.3, -0.25) is 4.72 Å². The molecule has 0 aliphatic heterocycles. The van der Waals surface area contributed by atoms with Gasteiger partial charge in [-0.25, -0.2) is 13.2 Å². The van der Waals surface area contributed by atoms with Gasteiger partial charge >= 0.3 is 6.03 Å². The molecule has 2 aromatic carbocycles. The third-order valence-electron chi connectivity index (χ3n) is 3.93. The number of anilines is 1. The molecule has 2 aromatic rings. The van der Waals surface area contributed by atoms with E-state index >= 15 is 0 Å². The zero-order valence-electron chi connectivity index (χ0n) is 14.9. The summed E-state index contributed by atoms with van der Waals surface area (Å²) in [4.78, 5) is 14.0. The van der Waals surface area contributed by atoms with Crippen LogP contribution in [0.3, 0.4) is 0 Å². The topological polar surface area (TPSA) is 78.5 Å². The first kappa shape index (κ1) is 20.1. The summed E-state index contributed by atoms with van der Waals surface area (Å²) in [6, 6.07) is 13.9. The Labute approximate surface area is 159 Å². The number of urea groups is 1. The van der Waals surface area contributed by atoms with Gasteiger partial charge in [-0.2, -0.15) is 0 Å². The van der Waals surface area contributed by atoms with E-state index in [0.717, 1.165) is 17.4 Å². The van der Waals surface area contributed by atoms with E-state index in [0.29, 0.717) is 10.7 Å². The van der Waals surface area contributed by atoms with Crippen molar-refractivity contribution in [3.63, 3.8) is 0 Å². The lowest BCUT2D eigenvalue weighted by Gasteiger charge is -2.25. The van der Waals surface area contributed by atoms with Crippen molar-refractivity contribution in [3.8, 4) is 0 Å². The first-order chi connectivity index (χ1) is 12.2. The molecule has 2 amide bonds. The molecule has 1 atom stereocenters. The zero-order valence-corrected chi connectivity index (χ0v) is 16.4. The Balaban J connectivity index is 1.97. The van der Waals surface area contributed by atoms with Crippen molar-refractivity contribution < 1.29 is 13.2 Å². The van der Waals surface area contributed by atoms with E-state index in [-0.39, 0.29) is 18.6 Å². The Morgan fingerprint density at radius 3 is 2.46 bits per heavy atom. The van der Waals surface area contributed by atoms with Crippen LogP contribution in [0, 0.1) is 0 Å². The second-order valence-corrected chi connectivity index (χ2v) is 8.26. The molecule has 0 aliphatic carbocycles. The normalized spacial score (nSPS) is 12.3. The molecule has 0 bridgehead atoms. The average molecular weight is 396 g/mol. The van der Waals surface area contributed by atoms with Gasteiger partial charge in [0.15, 0.2) is 0 Å². The van der Waals surface area contributed by atoms with E-state index < -0.39 is 10.0 Å². The fourth-order valence-electron chi connectivity index (χ4n) is 2.40. The van der Waals surface area contributed by atoms with Crippen molar-refractivity contribution in [1.82, 2.24) is 10.2 Å². The molecule has 0 saturated heterocycles. The summed E-state index contributed by atoms with van der Waals surface area (Å²) in [6.45, 7) is 2.22. The van der Waals surface area contributed by atoms with Crippen molar-refractivity contribution in [3.05, 3.63) is 64.7 Å². The number of nitrogens with one attached hydrogen (secondary N) is 2. The molecule has 0 heterocycles. The Kier molecular flexibility index (Phi) is 6.50. The molecule has 8 heteroatoms. The van der Waals surface area contributed by atoms with Gasteiger partial charge in [0.1, 0.15) is 0 Å². The van der Waals surface area contributed by atoms with Gasteiger partial charge in [-0.05, 0) is 42.3 Å². The summed E-state index contributed by atoms with van der Waals surface area (Å²) < 4.78 is 25.0. The van der Waals surface area contributed by atoms with Crippen molar-refractivity contribution in [2.45, 2.75) is 19.5 Å². The first-order valence-electron chi connectivity index (χ1n) is 7.98. The van der Waals surface area contributed by atoms with Crippen LogP contribution in [0.15, 0.2) is 48.5 Å². The van der Waals surface area contributed by atoms with Crippen LogP contribution in [0.1, 0.15) is 24.1 Å². The molecule has 26 heavy (non-hydrogen) atoms. The maximum Gasteiger partial charge on any atom is 0.317 e. The minimum Gasteiger partial charge on any atom is -0.334 e. The Morgan fingerprint density at radius 2 is 1.85 bits per heavy atom. The van der Waals surface area contributed by atoms with E-state index in [9.17, 15) is 13.2 Å². The second kappa shape index (κ2) is 8.42. The smallest absolute Gasteiger partial charge is 0.317 e. The Bertz CT molecular complexity index is 870. The summed E-state index contributed by atoms with van der Waals surface area (Å²) in [5.41, 5.74) is 2.23. The number of carbonyl (C=O) groups excluding carboxylic acids is 1. The van der Waals surface area contributed by atoms with Gasteiger partial charge in [0.25, 0.3) is 0 Å². The fraction of sp³-hybridized carbons (Fsp3) is 0.278. The van der Waals surface area contributed by atoms with E-state index in [1.165, 1.54) is 0 Å². The van der Waals surface area contributed by atoms with Crippen molar-refractivity contribution >= 4 is 33.3 Å². The number of halogens is 1. The number of amides is 2. The molecule has 6 nitrogen and oxygen atoms in total. The SMILES string of the molecule is CC(c1ccc(Cl)cc1)N(C)C(=O)NCc1cccc(NS(C)(=O)=O)c1. The molecule has 0 aliphatic rings. The molecule has 0 spiro atoms. The van der Waals surface area contributed by atoms with Gasteiger partial charge in [-0.1, -0.05) is 35.9 Å². The standard InChI is InChI=1S/C18H22ClN3O3S/c1-13(15-7-9-16(19)10-8-15)22(2)18(23)20-12-14-5-4-6-17(11-14)21-26(3,24)25/h4-11,13,21H,12H2,1-3H3,(H,20,23). The lowest BCUT2D eigenvalue weighted by molar-refractivity contribution is 0.194. The predicted octanol–water partition coefficient (Wildman–Crippen LogP) is 3.61. The molecule has 0 aromatic heterocycles. The van der Waals surface area contributed by atoms with Crippen molar-refractivity contribution in [2.24, 2.45) is 0 Å². The number of nitrogens with zero attached hydrogens (tertiary/aromatic N) is 1. The minimum atomic E-state index is -3.34. The predicted molar refractivity (Wildman–Crippen MR) is 105 cm³/mol. The van der Waals surface area contributed by atoms with Gasteiger partial charge in [0.05, 0.1) is 12.3 Å². The van der Waals surface area contributed by atoms with Gasteiger partial charge in [0, 0.05) is 24.3 Å². The van der Waals surface area contributed by atoms with Crippen LogP contribution in [0.5, 0.6) is 0 Å². The Hall–Kier alpha value is -2.25. The van der Waals surface area contributed by atoms with E-state index in [1.807, 2.05) is 25.1 Å². The van der Waals surface area contributed by atoms with Crippen molar-refractivity contribution in [1.29, 1.82) is 0 Å². The summed E-state index contributed by atoms with van der Waals surface area (Å²) in [5, 5.41) is 3.48. The van der Waals surface area contributed by atoms with E-state index in [1.54, 1.807) is 42.3 Å². The van der Waals surface area contributed by atoms with Gasteiger partial charge in [-0.15, -0.1) is 0 Å². The lowest BCUT2D eigenvalue weighted by atomic mass is 10.1. The van der Waals surface area contributed by atoms with Crippen LogP contribution in [-0.4, -0.2) is 32.7 Å². The number of hydrogen-bond donors (Lipinski definition) is 2. The summed E-state index contributed by atoms with van der Waals surface area (Å²) >= 11 is 5.89. The highest BCUT2D eigenvalue weighted by Crippen LogP contribution is 2.21. The monoisotopic (exact) mass is 395 g/mol. The Morgan fingerprint density at radius 1 is 1.19 bits per heavy atom. The van der Waals surface area contributed by atoms with Crippen LogP contribution in [-0.2, 0) is 16.6 Å². The van der Waals surface area contributed by atoms with Crippen LogP contribution in [0.4, 0.5) is 10.5 Å². The van der Waals surface area contributed by atoms with Crippen LogP contribution in [0.25, 0.3) is 0 Å². The van der Waals surface area contributed by atoms with Gasteiger partial charge in [0.2, 0.25) is 10.0 Å². The van der Waals surface area contributed by atoms with E-state index in [2.05, 4.69) is 10.0 Å². The molecule has 2 rings (SSSR count). The molecule has 2 N–H and O–H groups in total. The number of carbonyl (C=O) groups is 1. The molecule has 0 fully saturated rings. The van der Waals surface area contributed by atoms with Crippen LogP contribution < -0.4 is 10.0 Å². The fourth-order valence-corrected chi connectivity index (χ4v) is 3.08. The second-order valence-electron chi connectivity index (χ2n) is 6.07. The maximum absolute atomic E-state index is 12.4. The highest BCUT2D eigenvalue weighted by Gasteiger charge is 2.17. The molecular weight excluding hydrogens is 374 g/mol. The quantitative estimate of drug-likeness (QED) is 0.784. The number of hydrogen-bond acceptors (Lipinski definition) is 3. The molecule has 0 radical (unpaired) electrons. The van der Waals surface area contributed by atoms with Crippen molar-refractivity contribution in [2.75, 3.05) is 18.0 Å². The number of sulfonamides is 1. The highest BCUT2D eigenvalue weighted by atomic mass is 35.5. The number of benzene rings is 2. The average Bonchev–Trinajstić information content (AvgIpc) is 2.58. The first-order valence-corrected chi connectivity index (χ1v) is 10.3. The maximum atomic E-state index is 12.4. The third kappa shape index (κ3) is 5.93. The van der Waals surface area contributed by atoms with Gasteiger partial charge < -0.3 is 10.2 Å². The molecule has 0 saturated carbocycles. The number of rotatable bonds is 6. The minimum absolute atomic E-state index is 0.120. The summed E-state index contributed by atoms with van der Waals surface area (Å²) in [5.74, 6) is 0. The highest BCUT2D eigenvalue weighted by molar-refractivity contribution is 7.92. The van der Waals surface area contributed by atoms with E-state index in [4.69, 9.17) is 11.6 Å². The summed E-state index contributed by atoms with van der Waals surface area (Å²) in [7, 11) is -1.62. The van der Waals surface area contributed by atoms with Crippen LogP contribution >= 0.6 is 11.6 Å². The third-order valence-corrected chi connectivity index (χ3v) is 4.79. The summed E-state index contributed by atoms with van der Waals surface area (Å²) in [6.07, 6.45) is 1.09. The van der Waals surface area contributed by atoms with Crippen LogP contribution in [0.2, 0.25) is 5.02 Å². The molecule has 1 unspecified atom stereocenters. The zero-order chi connectivity index (χ0) is 19.3. The largest absolute Gasteiger partial charge is 0.334 e.